The third kappa shape index (κ3) is 40.8. The minimum Gasteiger partial charge on any atom is -0.394 e. The molecule has 1 aliphatic heterocycles. The normalized spacial score (nSPS) is 19.5. The van der Waals surface area contributed by atoms with Crippen molar-refractivity contribution in [3.63, 3.8) is 0 Å². The largest absolute Gasteiger partial charge is 0.397 e. The maximum absolute atomic E-state index is 13.1. The van der Waals surface area contributed by atoms with Gasteiger partial charge in [-0.3, -0.25) is 9.35 Å². The summed E-state index contributed by atoms with van der Waals surface area (Å²) in [7, 11) is -5.09. The molecule has 0 aromatic heterocycles. The maximum atomic E-state index is 13.1. The van der Waals surface area contributed by atoms with Crippen LogP contribution in [0.4, 0.5) is 0 Å². The summed E-state index contributed by atoms with van der Waals surface area (Å²) in [5.41, 5.74) is 0. The topological polar surface area (TPSA) is 192 Å². The molecule has 0 spiro atoms. The minimum absolute atomic E-state index is 0.255. The molecule has 1 heterocycles. The molecular weight excluding hydrogens is 919 g/mol. The van der Waals surface area contributed by atoms with Crippen molar-refractivity contribution in [1.82, 2.24) is 5.32 Å². The number of unbranched alkanes of at least 4 members (excludes halogenated alkanes) is 41. The first-order chi connectivity index (χ1) is 34.5. The summed E-state index contributed by atoms with van der Waals surface area (Å²) in [5.74, 6) is -0.255. The van der Waals surface area contributed by atoms with Crippen molar-refractivity contribution in [1.29, 1.82) is 0 Å². The van der Waals surface area contributed by atoms with Crippen molar-refractivity contribution < 1.29 is 51.8 Å². The number of carbonyl (C=O) groups is 1. The highest BCUT2D eigenvalue weighted by Crippen LogP contribution is 2.26. The number of carbonyl (C=O) groups excluding carboxylic acids is 1. The number of aliphatic hydroxyl groups excluding tert-OH is 4. The monoisotopic (exact) mass is 1030 g/mol. The third-order valence-corrected chi connectivity index (χ3v) is 15.0. The van der Waals surface area contributed by atoms with Crippen LogP contribution in [0.1, 0.15) is 296 Å². The van der Waals surface area contributed by atoms with Crippen LogP contribution < -0.4 is 5.32 Å². The SMILES string of the molecule is CCCCCCCCCCCCCCCCC/C=C/C(O)C(COC1OC(CO)C(O)C(OS(=O)(=O)O)C1O)NC(=O)CCCCCCCCCCCCCCCCCCCCCCCCCCCCC. The van der Waals surface area contributed by atoms with Crippen LogP contribution in [0.5, 0.6) is 0 Å². The molecule has 0 radical (unpaired) electrons. The van der Waals surface area contributed by atoms with Crippen molar-refractivity contribution in [2.45, 2.75) is 339 Å². The summed E-state index contributed by atoms with van der Waals surface area (Å²) in [6.07, 6.45) is 49.8. The van der Waals surface area contributed by atoms with E-state index in [4.69, 9.17) is 9.47 Å². The average Bonchev–Trinajstić information content (AvgIpc) is 3.34. The highest BCUT2D eigenvalue weighted by atomic mass is 32.3. The molecule has 1 rings (SSSR count). The van der Waals surface area contributed by atoms with Crippen molar-refractivity contribution >= 4 is 16.3 Å². The Bertz CT molecular complexity index is 1310. The van der Waals surface area contributed by atoms with E-state index in [0.29, 0.717) is 6.42 Å². The third-order valence-electron chi connectivity index (χ3n) is 14.6. The molecule has 1 fully saturated rings. The Morgan fingerprint density at radius 2 is 0.887 bits per heavy atom. The molecule has 7 unspecified atom stereocenters. The van der Waals surface area contributed by atoms with Gasteiger partial charge in [0, 0.05) is 6.42 Å². The summed E-state index contributed by atoms with van der Waals surface area (Å²) < 4.78 is 47.9. The van der Waals surface area contributed by atoms with E-state index in [2.05, 4.69) is 23.3 Å². The Kier molecular flexibility index (Phi) is 46.3. The lowest BCUT2D eigenvalue weighted by Gasteiger charge is -2.41. The van der Waals surface area contributed by atoms with Crippen LogP contribution in [0.2, 0.25) is 0 Å². The van der Waals surface area contributed by atoms with Crippen LogP contribution in [-0.4, -0.2) is 95.4 Å². The van der Waals surface area contributed by atoms with Gasteiger partial charge in [0.15, 0.2) is 6.29 Å². The fourth-order valence-electron chi connectivity index (χ4n) is 9.93. The molecule has 0 aromatic rings. The number of ether oxygens (including phenoxy) is 2. The molecule has 0 aromatic carbocycles. The first kappa shape index (κ1) is 67.9. The molecular formula is C58H113NO11S. The first-order valence-corrected chi connectivity index (χ1v) is 31.4. The lowest BCUT2D eigenvalue weighted by Crippen LogP contribution is -2.61. The highest BCUT2D eigenvalue weighted by molar-refractivity contribution is 7.80. The van der Waals surface area contributed by atoms with E-state index in [1.54, 1.807) is 6.08 Å². The number of aliphatic hydroxyl groups is 4. The molecule has 1 aliphatic rings. The van der Waals surface area contributed by atoms with Crippen molar-refractivity contribution in [2.75, 3.05) is 13.2 Å². The molecule has 13 heteroatoms. The first-order valence-electron chi connectivity index (χ1n) is 30.1. The number of hydrogen-bond acceptors (Lipinski definition) is 10. The summed E-state index contributed by atoms with van der Waals surface area (Å²) in [4.78, 5) is 13.1. The average molecular weight is 1030 g/mol. The van der Waals surface area contributed by atoms with Crippen LogP contribution in [0, 0.1) is 0 Å². The van der Waals surface area contributed by atoms with Gasteiger partial charge >= 0.3 is 10.4 Å². The van der Waals surface area contributed by atoms with E-state index < -0.39 is 59.9 Å². The summed E-state index contributed by atoms with van der Waals surface area (Å²) in [6.45, 7) is 3.44. The number of rotatable bonds is 53. The molecule has 12 nitrogen and oxygen atoms in total. The second-order valence-electron chi connectivity index (χ2n) is 21.3. The predicted octanol–water partition coefficient (Wildman–Crippen LogP) is 14.2. The molecule has 71 heavy (non-hydrogen) atoms. The molecule has 0 bridgehead atoms. The van der Waals surface area contributed by atoms with E-state index in [1.807, 2.05) is 6.08 Å². The second kappa shape index (κ2) is 48.5. The van der Waals surface area contributed by atoms with E-state index in [1.165, 1.54) is 231 Å². The summed E-state index contributed by atoms with van der Waals surface area (Å²) in [5, 5.41) is 45.0. The molecule has 7 atom stereocenters. The molecule has 422 valence electrons. The van der Waals surface area contributed by atoms with Crippen LogP contribution in [-0.2, 0) is 28.9 Å². The van der Waals surface area contributed by atoms with Gasteiger partial charge in [-0.05, 0) is 19.3 Å². The fraction of sp³-hybridized carbons (Fsp3) is 0.948. The smallest absolute Gasteiger partial charge is 0.394 e. The van der Waals surface area contributed by atoms with Gasteiger partial charge in [-0.1, -0.05) is 283 Å². The van der Waals surface area contributed by atoms with Crippen LogP contribution in [0.3, 0.4) is 0 Å². The predicted molar refractivity (Wildman–Crippen MR) is 292 cm³/mol. The number of hydrogen-bond donors (Lipinski definition) is 6. The Balaban J connectivity index is 2.31. The highest BCUT2D eigenvalue weighted by Gasteiger charge is 2.48. The zero-order chi connectivity index (χ0) is 51.9. The Morgan fingerprint density at radius 1 is 0.549 bits per heavy atom. The molecule has 1 amide bonds. The second-order valence-corrected chi connectivity index (χ2v) is 22.4. The lowest BCUT2D eigenvalue weighted by molar-refractivity contribution is -0.298. The van der Waals surface area contributed by atoms with Crippen molar-refractivity contribution in [2.24, 2.45) is 0 Å². The Labute approximate surface area is 436 Å². The van der Waals surface area contributed by atoms with Gasteiger partial charge in [0.1, 0.15) is 24.4 Å². The zero-order valence-corrected chi connectivity index (χ0v) is 46.6. The van der Waals surface area contributed by atoms with Gasteiger partial charge in [-0.2, -0.15) is 8.42 Å². The van der Waals surface area contributed by atoms with Crippen LogP contribution in [0.25, 0.3) is 0 Å². The van der Waals surface area contributed by atoms with E-state index in [9.17, 15) is 38.2 Å². The molecule has 0 aliphatic carbocycles. The standard InChI is InChI=1S/C58H113NO11S/c1-3-5-7-9-11-13-15-17-19-21-22-23-24-25-26-27-28-29-30-32-34-36-38-40-42-44-46-48-54(62)59-51(50-68-58-56(64)57(70-71(65,66)67)55(63)53(49-60)69-58)52(61)47-45-43-41-39-37-35-33-31-20-18-16-14-12-10-8-6-4-2/h45,47,51-53,55-58,60-61,63-64H,3-44,46,48-50H2,1-2H3,(H,59,62)(H,65,66,67)/b47-45+. The lowest BCUT2D eigenvalue weighted by atomic mass is 9.99. The Hall–Kier alpha value is -1.16. The summed E-state index contributed by atoms with van der Waals surface area (Å²) in [6, 6.07) is -0.940. The van der Waals surface area contributed by atoms with Gasteiger partial charge in [0.25, 0.3) is 0 Å². The summed E-state index contributed by atoms with van der Waals surface area (Å²) >= 11 is 0. The number of amides is 1. The molecule has 1 saturated heterocycles. The van der Waals surface area contributed by atoms with Crippen LogP contribution >= 0.6 is 0 Å². The van der Waals surface area contributed by atoms with E-state index >= 15 is 0 Å². The van der Waals surface area contributed by atoms with Crippen molar-refractivity contribution in [3.05, 3.63) is 12.2 Å². The fourth-order valence-corrected chi connectivity index (χ4v) is 10.4. The minimum atomic E-state index is -5.09. The van der Waals surface area contributed by atoms with Crippen molar-refractivity contribution in [3.8, 4) is 0 Å². The van der Waals surface area contributed by atoms with Crippen LogP contribution in [0.15, 0.2) is 12.2 Å². The number of allylic oxidation sites excluding steroid dienone is 1. The molecule has 6 N–H and O–H groups in total. The van der Waals surface area contributed by atoms with Gasteiger partial charge in [-0.25, -0.2) is 4.18 Å². The van der Waals surface area contributed by atoms with E-state index in [0.717, 1.165) is 38.5 Å². The van der Waals surface area contributed by atoms with Gasteiger partial charge in [0.05, 0.1) is 25.4 Å². The van der Waals surface area contributed by atoms with Gasteiger partial charge in [-0.15, -0.1) is 0 Å². The number of nitrogens with one attached hydrogen (secondary N) is 1. The zero-order valence-electron chi connectivity index (χ0n) is 45.8. The van der Waals surface area contributed by atoms with Gasteiger partial charge in [0.2, 0.25) is 5.91 Å². The maximum Gasteiger partial charge on any atom is 0.397 e. The quantitative estimate of drug-likeness (QED) is 0.0193. The van der Waals surface area contributed by atoms with Gasteiger partial charge < -0.3 is 35.2 Å². The Morgan fingerprint density at radius 3 is 1.23 bits per heavy atom. The molecule has 0 saturated carbocycles. The van der Waals surface area contributed by atoms with E-state index in [-0.39, 0.29) is 18.9 Å².